The highest BCUT2D eigenvalue weighted by Crippen LogP contribution is 2.28. The molecule has 0 spiro atoms. The molecule has 2 fully saturated rings. The average Bonchev–Trinajstić information content (AvgIpc) is 2.55. The first-order chi connectivity index (χ1) is 11.2. The molecular formula is C13H27N3O8. The summed E-state index contributed by atoms with van der Waals surface area (Å²) in [5.74, 6) is 0. The summed E-state index contributed by atoms with van der Waals surface area (Å²) in [6.45, 7) is -0.713. The Morgan fingerprint density at radius 1 is 0.958 bits per heavy atom. The van der Waals surface area contributed by atoms with Gasteiger partial charge < -0.3 is 57.3 Å². The molecule has 24 heavy (non-hydrogen) atoms. The Labute approximate surface area is 138 Å². The second-order valence-electron chi connectivity index (χ2n) is 6.42. The third-order valence-electron chi connectivity index (χ3n) is 4.64. The molecule has 1 aliphatic carbocycles. The molecule has 12 N–H and O–H groups in total. The lowest BCUT2D eigenvalue weighted by molar-refractivity contribution is -0.303. The van der Waals surface area contributed by atoms with Crippen LogP contribution in [0.1, 0.15) is 6.42 Å². The van der Waals surface area contributed by atoms with Gasteiger partial charge in [0.2, 0.25) is 0 Å². The van der Waals surface area contributed by atoms with E-state index in [1.54, 1.807) is 0 Å². The van der Waals surface area contributed by atoms with Crippen molar-refractivity contribution in [2.75, 3.05) is 6.61 Å². The summed E-state index contributed by atoms with van der Waals surface area (Å²) in [7, 11) is 0. The second kappa shape index (κ2) is 7.85. The molecular weight excluding hydrogens is 326 g/mol. The molecule has 1 saturated heterocycles. The van der Waals surface area contributed by atoms with Gasteiger partial charge in [-0.05, 0) is 6.42 Å². The molecule has 0 bridgehead atoms. The van der Waals surface area contributed by atoms with Crippen LogP contribution >= 0.6 is 0 Å². The monoisotopic (exact) mass is 353 g/mol. The third-order valence-corrected chi connectivity index (χ3v) is 4.64. The fourth-order valence-corrected chi connectivity index (χ4v) is 3.08. The molecule has 0 aromatic rings. The largest absolute Gasteiger partial charge is 0.394 e. The first kappa shape index (κ1) is 19.9. The molecule has 0 aromatic carbocycles. The zero-order chi connectivity index (χ0) is 18.2. The Morgan fingerprint density at radius 2 is 1.58 bits per heavy atom. The van der Waals surface area contributed by atoms with Gasteiger partial charge in [-0.2, -0.15) is 0 Å². The molecule has 1 heterocycles. The number of hydrogen-bond donors (Lipinski definition) is 9. The van der Waals surface area contributed by atoms with Crippen molar-refractivity contribution in [3.63, 3.8) is 0 Å². The summed E-state index contributed by atoms with van der Waals surface area (Å²) in [6.07, 6.45) is -10.7. The molecule has 0 radical (unpaired) electrons. The molecule has 11 heteroatoms. The summed E-state index contributed by atoms with van der Waals surface area (Å²) >= 11 is 0. The highest BCUT2D eigenvalue weighted by atomic mass is 16.7. The quantitative estimate of drug-likeness (QED) is 0.232. The SMILES string of the molecule is NC1C[C@@H](N)[C@@H](O)C(O)[C@@H]1O[C@H]1OC([C@@H](O)CO)[C@@H](O)[C@H](O)C1N. The van der Waals surface area contributed by atoms with Crippen LogP contribution in [0.4, 0.5) is 0 Å². The van der Waals surface area contributed by atoms with Crippen LogP contribution in [0.5, 0.6) is 0 Å². The molecule has 2 rings (SSSR count). The number of hydrogen-bond acceptors (Lipinski definition) is 11. The zero-order valence-corrected chi connectivity index (χ0v) is 13.0. The summed E-state index contributed by atoms with van der Waals surface area (Å²) in [4.78, 5) is 0. The van der Waals surface area contributed by atoms with Crippen molar-refractivity contribution in [1.29, 1.82) is 0 Å². The van der Waals surface area contributed by atoms with E-state index in [0.29, 0.717) is 0 Å². The van der Waals surface area contributed by atoms with E-state index in [1.165, 1.54) is 0 Å². The fourth-order valence-electron chi connectivity index (χ4n) is 3.08. The average molecular weight is 353 g/mol. The number of aliphatic hydroxyl groups excluding tert-OH is 6. The van der Waals surface area contributed by atoms with Gasteiger partial charge in [-0.3, -0.25) is 0 Å². The van der Waals surface area contributed by atoms with Gasteiger partial charge in [0.15, 0.2) is 6.29 Å². The second-order valence-corrected chi connectivity index (χ2v) is 6.42. The van der Waals surface area contributed by atoms with Crippen molar-refractivity contribution in [3.8, 4) is 0 Å². The van der Waals surface area contributed by atoms with E-state index in [1.807, 2.05) is 0 Å². The molecule has 0 aromatic heterocycles. The molecule has 0 amide bonds. The number of aliphatic hydroxyl groups is 6. The van der Waals surface area contributed by atoms with Gasteiger partial charge in [0.05, 0.1) is 18.8 Å². The van der Waals surface area contributed by atoms with E-state index in [2.05, 4.69) is 0 Å². The molecule has 142 valence electrons. The van der Waals surface area contributed by atoms with Gasteiger partial charge in [-0.15, -0.1) is 0 Å². The minimum atomic E-state index is -1.54. The molecule has 2 aliphatic rings. The predicted octanol–water partition coefficient (Wildman–Crippen LogP) is -5.72. The van der Waals surface area contributed by atoms with E-state index in [4.69, 9.17) is 31.8 Å². The van der Waals surface area contributed by atoms with Crippen LogP contribution in [0.3, 0.4) is 0 Å². The van der Waals surface area contributed by atoms with E-state index in [-0.39, 0.29) is 6.42 Å². The maximum absolute atomic E-state index is 10.1. The topological polar surface area (TPSA) is 218 Å². The van der Waals surface area contributed by atoms with Crippen LogP contribution in [0, 0.1) is 0 Å². The minimum Gasteiger partial charge on any atom is -0.394 e. The molecule has 4 unspecified atom stereocenters. The Balaban J connectivity index is 2.12. The van der Waals surface area contributed by atoms with Crippen LogP contribution in [-0.4, -0.2) is 104 Å². The smallest absolute Gasteiger partial charge is 0.176 e. The van der Waals surface area contributed by atoms with Crippen molar-refractivity contribution in [1.82, 2.24) is 0 Å². The summed E-state index contributed by atoms with van der Waals surface area (Å²) in [5.41, 5.74) is 17.3. The van der Waals surface area contributed by atoms with Gasteiger partial charge in [0.25, 0.3) is 0 Å². The summed E-state index contributed by atoms with van der Waals surface area (Å²) < 4.78 is 10.9. The van der Waals surface area contributed by atoms with Gasteiger partial charge in [0, 0.05) is 12.1 Å². The molecule has 1 aliphatic heterocycles. The summed E-state index contributed by atoms with van der Waals surface area (Å²) in [6, 6.07) is -2.64. The third kappa shape index (κ3) is 3.71. The van der Waals surface area contributed by atoms with Crippen LogP contribution < -0.4 is 17.2 Å². The van der Waals surface area contributed by atoms with Gasteiger partial charge in [-0.1, -0.05) is 0 Å². The Morgan fingerprint density at radius 3 is 2.17 bits per heavy atom. The standard InChI is InChI=1S/C13H27N3O8/c14-3-1-4(15)11(9(21)7(3)19)23-13-6(16)8(20)10(22)12(24-13)5(18)2-17/h3-13,17-22H,1-2,14-16H2/t3-,4?,5+,6?,7-,8-,9?,10+,11-,12?,13+/m1/s1. The number of rotatable bonds is 4. The summed E-state index contributed by atoms with van der Waals surface area (Å²) in [5, 5.41) is 58.6. The Bertz CT molecular complexity index is 419. The van der Waals surface area contributed by atoms with Crippen molar-refractivity contribution in [2.24, 2.45) is 17.2 Å². The zero-order valence-electron chi connectivity index (χ0n) is 13.0. The van der Waals surface area contributed by atoms with E-state index >= 15 is 0 Å². The van der Waals surface area contributed by atoms with E-state index < -0.39 is 73.8 Å². The molecule has 1 saturated carbocycles. The highest BCUT2D eigenvalue weighted by Gasteiger charge is 2.49. The van der Waals surface area contributed by atoms with Crippen molar-refractivity contribution in [3.05, 3.63) is 0 Å². The van der Waals surface area contributed by atoms with Gasteiger partial charge in [-0.25, -0.2) is 0 Å². The van der Waals surface area contributed by atoms with Gasteiger partial charge in [0.1, 0.15) is 36.6 Å². The maximum atomic E-state index is 10.1. The normalized spacial score (nSPS) is 51.4. The number of nitrogens with two attached hydrogens (primary N) is 3. The highest BCUT2D eigenvalue weighted by molar-refractivity contribution is 5.00. The van der Waals surface area contributed by atoms with Gasteiger partial charge >= 0.3 is 0 Å². The predicted molar refractivity (Wildman–Crippen MR) is 79.2 cm³/mol. The maximum Gasteiger partial charge on any atom is 0.176 e. The Kier molecular flexibility index (Phi) is 6.50. The lowest BCUT2D eigenvalue weighted by Crippen LogP contribution is -2.68. The van der Waals surface area contributed by atoms with Crippen molar-refractivity contribution >= 4 is 0 Å². The van der Waals surface area contributed by atoms with Crippen molar-refractivity contribution in [2.45, 2.75) is 73.6 Å². The Hall–Kier alpha value is -0.440. The first-order valence-electron chi connectivity index (χ1n) is 7.77. The van der Waals surface area contributed by atoms with Crippen LogP contribution in [0.25, 0.3) is 0 Å². The van der Waals surface area contributed by atoms with Crippen LogP contribution in [-0.2, 0) is 9.47 Å². The number of ether oxygens (including phenoxy) is 2. The minimum absolute atomic E-state index is 0.179. The molecule has 11 atom stereocenters. The van der Waals surface area contributed by atoms with Crippen LogP contribution in [0.15, 0.2) is 0 Å². The first-order valence-corrected chi connectivity index (χ1v) is 7.77. The lowest BCUT2D eigenvalue weighted by Gasteiger charge is -2.46. The lowest BCUT2D eigenvalue weighted by atomic mass is 9.84. The van der Waals surface area contributed by atoms with E-state index in [0.717, 1.165) is 0 Å². The van der Waals surface area contributed by atoms with E-state index in [9.17, 15) is 25.5 Å². The van der Waals surface area contributed by atoms with Crippen LogP contribution in [0.2, 0.25) is 0 Å². The molecule has 11 nitrogen and oxygen atoms in total. The fraction of sp³-hybridized carbons (Fsp3) is 1.00. The van der Waals surface area contributed by atoms with Crippen molar-refractivity contribution < 1.29 is 40.1 Å².